The second kappa shape index (κ2) is 7.95. The van der Waals surface area contributed by atoms with Gasteiger partial charge in [-0.25, -0.2) is 4.79 Å². The van der Waals surface area contributed by atoms with Crippen LogP contribution in [0.3, 0.4) is 0 Å². The molecule has 1 aromatic heterocycles. The van der Waals surface area contributed by atoms with Gasteiger partial charge in [-0.05, 0) is 30.7 Å². The van der Waals surface area contributed by atoms with E-state index in [0.29, 0.717) is 6.61 Å². The molecular weight excluding hydrogens is 284 g/mol. The van der Waals surface area contributed by atoms with E-state index in [1.807, 2.05) is 17.5 Å². The molecule has 1 heterocycles. The van der Waals surface area contributed by atoms with Gasteiger partial charge >= 0.3 is 5.97 Å². The van der Waals surface area contributed by atoms with Gasteiger partial charge in [0, 0.05) is 10.8 Å². The number of hydrogen-bond acceptors (Lipinski definition) is 4. The van der Waals surface area contributed by atoms with E-state index in [1.54, 1.807) is 0 Å². The number of carbonyl (C=O) groups is 1. The lowest BCUT2D eigenvalue weighted by molar-refractivity contribution is -0.173. The molecule has 1 aromatic rings. The zero-order valence-corrected chi connectivity index (χ0v) is 13.7. The van der Waals surface area contributed by atoms with Gasteiger partial charge in [0.2, 0.25) is 0 Å². The Bertz CT molecular complexity index is 423. The maximum Gasteiger partial charge on any atom is 0.343 e. The third-order valence-corrected chi connectivity index (χ3v) is 5.38. The maximum absolute atomic E-state index is 12.5. The fourth-order valence-electron chi connectivity index (χ4n) is 3.11. The average Bonchev–Trinajstić information content (AvgIpc) is 3.18. The standard InChI is InChI=1S/C17H26O3S/c1-2-3-4-7-12-20-16(18)17(19,14-9-5-6-10-14)15-11-8-13-21-15/h8,11,13-14,19H,2-7,9-10,12H2,1H3/t17-/m1/s1. The minimum absolute atomic E-state index is 0.000656. The number of rotatable bonds is 8. The maximum atomic E-state index is 12.5. The van der Waals surface area contributed by atoms with Crippen molar-refractivity contribution in [3.8, 4) is 0 Å². The van der Waals surface area contributed by atoms with E-state index < -0.39 is 11.6 Å². The van der Waals surface area contributed by atoms with Gasteiger partial charge in [-0.1, -0.05) is 45.1 Å². The summed E-state index contributed by atoms with van der Waals surface area (Å²) in [5.41, 5.74) is -1.44. The van der Waals surface area contributed by atoms with Crippen LogP contribution in [0, 0.1) is 5.92 Å². The summed E-state index contributed by atoms with van der Waals surface area (Å²) in [4.78, 5) is 13.2. The van der Waals surface area contributed by atoms with Crippen molar-refractivity contribution in [1.29, 1.82) is 0 Å². The normalized spacial score (nSPS) is 18.6. The van der Waals surface area contributed by atoms with Crippen LogP contribution in [0.25, 0.3) is 0 Å². The summed E-state index contributed by atoms with van der Waals surface area (Å²) >= 11 is 1.44. The molecule has 1 fully saturated rings. The molecular formula is C17H26O3S. The molecule has 1 saturated carbocycles. The molecule has 1 N–H and O–H groups in total. The summed E-state index contributed by atoms with van der Waals surface area (Å²) in [6.07, 6.45) is 8.25. The number of ether oxygens (including phenoxy) is 1. The lowest BCUT2D eigenvalue weighted by atomic mass is 9.84. The van der Waals surface area contributed by atoms with E-state index >= 15 is 0 Å². The smallest absolute Gasteiger partial charge is 0.343 e. The first-order chi connectivity index (χ1) is 10.2. The second-order valence-electron chi connectivity index (χ2n) is 5.92. The molecule has 1 aliphatic carbocycles. The molecule has 2 rings (SSSR count). The molecule has 3 nitrogen and oxygen atoms in total. The highest BCUT2D eigenvalue weighted by Crippen LogP contribution is 2.43. The van der Waals surface area contributed by atoms with Gasteiger partial charge in [-0.3, -0.25) is 0 Å². The van der Waals surface area contributed by atoms with Crippen molar-refractivity contribution in [1.82, 2.24) is 0 Å². The molecule has 4 heteroatoms. The summed E-state index contributed by atoms with van der Waals surface area (Å²) in [5.74, 6) is -0.451. The predicted octanol–water partition coefficient (Wildman–Crippen LogP) is 4.25. The van der Waals surface area contributed by atoms with Crippen LogP contribution in [0.15, 0.2) is 17.5 Å². The lowest BCUT2D eigenvalue weighted by Crippen LogP contribution is -2.43. The molecule has 1 atom stereocenters. The Labute approximate surface area is 131 Å². The van der Waals surface area contributed by atoms with Gasteiger partial charge in [0.1, 0.15) is 0 Å². The number of thiophene rings is 1. The lowest BCUT2D eigenvalue weighted by Gasteiger charge is -2.30. The third-order valence-electron chi connectivity index (χ3n) is 4.39. The van der Waals surface area contributed by atoms with Gasteiger partial charge in [-0.2, -0.15) is 0 Å². The van der Waals surface area contributed by atoms with Crippen molar-refractivity contribution >= 4 is 17.3 Å². The van der Waals surface area contributed by atoms with Crippen LogP contribution in [0.4, 0.5) is 0 Å². The molecule has 21 heavy (non-hydrogen) atoms. The number of carbonyl (C=O) groups excluding carboxylic acids is 1. The van der Waals surface area contributed by atoms with Gasteiger partial charge < -0.3 is 9.84 Å². The molecule has 0 radical (unpaired) electrons. The summed E-state index contributed by atoms with van der Waals surface area (Å²) in [7, 11) is 0. The Balaban J connectivity index is 2.00. The highest BCUT2D eigenvalue weighted by molar-refractivity contribution is 7.10. The second-order valence-corrected chi connectivity index (χ2v) is 6.87. The number of unbranched alkanes of at least 4 members (excludes halogenated alkanes) is 3. The minimum atomic E-state index is -1.44. The Hall–Kier alpha value is -0.870. The van der Waals surface area contributed by atoms with Gasteiger partial charge in [0.25, 0.3) is 0 Å². The van der Waals surface area contributed by atoms with Crippen LogP contribution in [0.2, 0.25) is 0 Å². The van der Waals surface area contributed by atoms with Crippen molar-refractivity contribution in [2.45, 2.75) is 63.9 Å². The third kappa shape index (κ3) is 3.86. The Kier molecular flexibility index (Phi) is 6.24. The first kappa shape index (κ1) is 16.5. The molecule has 0 aliphatic heterocycles. The fraction of sp³-hybridized carbons (Fsp3) is 0.706. The zero-order chi connectivity index (χ0) is 15.1. The monoisotopic (exact) mass is 310 g/mol. The van der Waals surface area contributed by atoms with E-state index in [-0.39, 0.29) is 5.92 Å². The van der Waals surface area contributed by atoms with Crippen LogP contribution < -0.4 is 0 Å². The summed E-state index contributed by atoms with van der Waals surface area (Å²) < 4.78 is 5.41. The highest BCUT2D eigenvalue weighted by Gasteiger charge is 2.48. The first-order valence-corrected chi connectivity index (χ1v) is 9.01. The molecule has 0 amide bonds. The van der Waals surface area contributed by atoms with Gasteiger partial charge in [0.05, 0.1) is 6.61 Å². The average molecular weight is 310 g/mol. The predicted molar refractivity (Wildman–Crippen MR) is 85.3 cm³/mol. The van der Waals surface area contributed by atoms with Crippen molar-refractivity contribution in [3.63, 3.8) is 0 Å². The molecule has 0 aromatic carbocycles. The summed E-state index contributed by atoms with van der Waals surface area (Å²) in [6.45, 7) is 2.57. The van der Waals surface area contributed by atoms with E-state index in [9.17, 15) is 9.90 Å². The van der Waals surface area contributed by atoms with E-state index in [4.69, 9.17) is 4.74 Å². The van der Waals surface area contributed by atoms with E-state index in [2.05, 4.69) is 6.92 Å². The number of hydrogen-bond donors (Lipinski definition) is 1. The molecule has 0 bridgehead atoms. The fourth-order valence-corrected chi connectivity index (χ4v) is 4.00. The SMILES string of the molecule is CCCCCCOC(=O)[C@](O)(c1cccs1)C1CCCC1. The van der Waals surface area contributed by atoms with Crippen LogP contribution in [-0.4, -0.2) is 17.7 Å². The van der Waals surface area contributed by atoms with E-state index in [0.717, 1.165) is 56.2 Å². The Morgan fingerprint density at radius 3 is 2.76 bits per heavy atom. The molecule has 118 valence electrons. The number of aliphatic hydroxyl groups is 1. The topological polar surface area (TPSA) is 46.5 Å². The van der Waals surface area contributed by atoms with Gasteiger partial charge in [-0.15, -0.1) is 11.3 Å². The Morgan fingerprint density at radius 2 is 2.14 bits per heavy atom. The summed E-state index contributed by atoms with van der Waals surface area (Å²) in [5, 5.41) is 13.0. The first-order valence-electron chi connectivity index (χ1n) is 8.13. The zero-order valence-electron chi connectivity index (χ0n) is 12.8. The van der Waals surface area contributed by atoms with Crippen LogP contribution >= 0.6 is 11.3 Å². The highest BCUT2D eigenvalue weighted by atomic mass is 32.1. The van der Waals surface area contributed by atoms with E-state index in [1.165, 1.54) is 11.3 Å². The quantitative estimate of drug-likeness (QED) is 0.577. The number of esters is 1. The molecule has 0 spiro atoms. The largest absolute Gasteiger partial charge is 0.463 e. The van der Waals surface area contributed by atoms with Crippen LogP contribution in [0.5, 0.6) is 0 Å². The van der Waals surface area contributed by atoms with Crippen molar-refractivity contribution < 1.29 is 14.6 Å². The van der Waals surface area contributed by atoms with Crippen LogP contribution in [-0.2, 0) is 15.1 Å². The molecule has 0 saturated heterocycles. The Morgan fingerprint density at radius 1 is 1.38 bits per heavy atom. The summed E-state index contributed by atoms with van der Waals surface area (Å²) in [6, 6.07) is 3.73. The van der Waals surface area contributed by atoms with Crippen molar-refractivity contribution in [2.24, 2.45) is 5.92 Å². The van der Waals surface area contributed by atoms with Crippen LogP contribution in [0.1, 0.15) is 63.2 Å². The minimum Gasteiger partial charge on any atom is -0.463 e. The van der Waals surface area contributed by atoms with Crippen molar-refractivity contribution in [2.75, 3.05) is 6.61 Å². The molecule has 0 unspecified atom stereocenters. The van der Waals surface area contributed by atoms with Crippen molar-refractivity contribution in [3.05, 3.63) is 22.4 Å². The molecule has 1 aliphatic rings. The van der Waals surface area contributed by atoms with Gasteiger partial charge in [0.15, 0.2) is 5.60 Å².